The van der Waals surface area contributed by atoms with Crippen LogP contribution in [0.25, 0.3) is 66.4 Å². The van der Waals surface area contributed by atoms with Crippen molar-refractivity contribution in [1.82, 2.24) is 0 Å². The van der Waals surface area contributed by atoms with Gasteiger partial charge in [0.2, 0.25) is 0 Å². The van der Waals surface area contributed by atoms with E-state index in [0.717, 1.165) is 66.4 Å². The van der Waals surface area contributed by atoms with Crippen molar-refractivity contribution in [2.24, 2.45) is 0 Å². The van der Waals surface area contributed by atoms with Crippen molar-refractivity contribution in [2.45, 2.75) is 0 Å². The van der Waals surface area contributed by atoms with E-state index >= 15 is 0 Å². The molecule has 0 aliphatic rings. The molecule has 0 amide bonds. The fourth-order valence-electron chi connectivity index (χ4n) is 5.62. The van der Waals surface area contributed by atoms with E-state index in [9.17, 15) is 10.5 Å². The molecule has 0 saturated carbocycles. The first-order valence-electron chi connectivity index (χ1n) is 13.4. The lowest BCUT2D eigenvalue weighted by molar-refractivity contribution is 0.669. The van der Waals surface area contributed by atoms with E-state index in [1.807, 2.05) is 109 Å². The standard InChI is InChI=1S/C38H22N2O/c39-23-25-9-7-14-28(19-25)29-17-18-36-34(20-29)38-31(15-8-16-37(38)41-36)30-21-32(26-10-3-1-4-11-26)35(24-40)33(22-30)27-12-5-2-6-13-27/h1-22H. The fraction of sp³-hybridized carbons (Fsp3) is 0. The quantitative estimate of drug-likeness (QED) is 0.231. The van der Waals surface area contributed by atoms with Crippen LogP contribution in [0.4, 0.5) is 0 Å². The lowest BCUT2D eigenvalue weighted by atomic mass is 9.87. The second-order valence-corrected chi connectivity index (χ2v) is 9.97. The van der Waals surface area contributed by atoms with E-state index in [1.54, 1.807) is 0 Å². The molecule has 0 bridgehead atoms. The van der Waals surface area contributed by atoms with Gasteiger partial charge in [0.1, 0.15) is 17.2 Å². The summed E-state index contributed by atoms with van der Waals surface area (Å²) >= 11 is 0. The molecule has 0 atom stereocenters. The zero-order valence-electron chi connectivity index (χ0n) is 22.0. The molecule has 0 spiro atoms. The number of nitrogens with zero attached hydrogens (tertiary/aromatic N) is 2. The fourth-order valence-corrected chi connectivity index (χ4v) is 5.62. The zero-order chi connectivity index (χ0) is 27.8. The molecular formula is C38H22N2O. The number of hydrogen-bond acceptors (Lipinski definition) is 3. The Hall–Kier alpha value is -5.90. The second-order valence-electron chi connectivity index (χ2n) is 9.97. The maximum atomic E-state index is 10.4. The van der Waals surface area contributed by atoms with E-state index in [4.69, 9.17) is 4.42 Å². The summed E-state index contributed by atoms with van der Waals surface area (Å²) < 4.78 is 6.32. The van der Waals surface area contributed by atoms with Gasteiger partial charge in [-0.2, -0.15) is 10.5 Å². The first-order valence-corrected chi connectivity index (χ1v) is 13.4. The molecule has 7 aromatic rings. The summed E-state index contributed by atoms with van der Waals surface area (Å²) in [5, 5.41) is 21.8. The van der Waals surface area contributed by atoms with Gasteiger partial charge in [0.05, 0.1) is 17.2 Å². The van der Waals surface area contributed by atoms with Gasteiger partial charge in [-0.3, -0.25) is 0 Å². The average Bonchev–Trinajstić information content (AvgIpc) is 3.43. The number of furan rings is 1. The van der Waals surface area contributed by atoms with Crippen LogP contribution in [0.5, 0.6) is 0 Å². The average molecular weight is 523 g/mol. The Labute approximate surface area is 237 Å². The third kappa shape index (κ3) is 4.23. The van der Waals surface area contributed by atoms with Crippen LogP contribution in [0.3, 0.4) is 0 Å². The summed E-state index contributed by atoms with van der Waals surface area (Å²) in [5.41, 5.74) is 10.7. The van der Waals surface area contributed by atoms with Crippen LogP contribution in [0.2, 0.25) is 0 Å². The van der Waals surface area contributed by atoms with Crippen LogP contribution < -0.4 is 0 Å². The molecule has 0 aliphatic carbocycles. The summed E-state index contributed by atoms with van der Waals surface area (Å²) in [4.78, 5) is 0. The van der Waals surface area contributed by atoms with Crippen molar-refractivity contribution < 1.29 is 4.42 Å². The van der Waals surface area contributed by atoms with Gasteiger partial charge in [-0.1, -0.05) is 91.0 Å². The van der Waals surface area contributed by atoms with Gasteiger partial charge in [-0.25, -0.2) is 0 Å². The first-order chi connectivity index (χ1) is 20.2. The maximum Gasteiger partial charge on any atom is 0.136 e. The van der Waals surface area contributed by atoms with Crippen LogP contribution in [0.15, 0.2) is 138 Å². The lowest BCUT2D eigenvalue weighted by Gasteiger charge is -2.15. The van der Waals surface area contributed by atoms with E-state index in [0.29, 0.717) is 11.1 Å². The Kier molecular flexibility index (Phi) is 5.90. The third-order valence-corrected chi connectivity index (χ3v) is 7.55. The number of benzene rings is 6. The topological polar surface area (TPSA) is 60.7 Å². The largest absolute Gasteiger partial charge is 0.456 e. The summed E-state index contributed by atoms with van der Waals surface area (Å²) in [6.07, 6.45) is 0. The molecule has 7 rings (SSSR count). The van der Waals surface area contributed by atoms with Gasteiger partial charge in [0, 0.05) is 21.9 Å². The summed E-state index contributed by atoms with van der Waals surface area (Å²) in [7, 11) is 0. The predicted octanol–water partition coefficient (Wildman–Crippen LogP) is 10.00. The van der Waals surface area contributed by atoms with Gasteiger partial charge in [-0.05, 0) is 75.8 Å². The summed E-state index contributed by atoms with van der Waals surface area (Å²) in [5.74, 6) is 0. The van der Waals surface area contributed by atoms with Gasteiger partial charge in [0.25, 0.3) is 0 Å². The van der Waals surface area contributed by atoms with Crippen molar-refractivity contribution in [3.63, 3.8) is 0 Å². The van der Waals surface area contributed by atoms with Crippen LogP contribution in [-0.4, -0.2) is 0 Å². The molecule has 1 aromatic heterocycles. The predicted molar refractivity (Wildman–Crippen MR) is 165 cm³/mol. The third-order valence-electron chi connectivity index (χ3n) is 7.55. The normalized spacial score (nSPS) is 10.9. The molecule has 0 radical (unpaired) electrons. The van der Waals surface area contributed by atoms with Crippen LogP contribution in [0, 0.1) is 22.7 Å². The Bertz CT molecular complexity index is 2100. The molecule has 0 N–H and O–H groups in total. The Morgan fingerprint density at radius 1 is 0.439 bits per heavy atom. The number of rotatable bonds is 4. The molecule has 3 nitrogen and oxygen atoms in total. The van der Waals surface area contributed by atoms with Crippen molar-refractivity contribution in [3.05, 3.63) is 145 Å². The number of fused-ring (bicyclic) bond motifs is 3. The highest BCUT2D eigenvalue weighted by atomic mass is 16.3. The number of hydrogen-bond donors (Lipinski definition) is 0. The molecule has 0 unspecified atom stereocenters. The van der Waals surface area contributed by atoms with Crippen molar-refractivity contribution in [1.29, 1.82) is 10.5 Å². The minimum atomic E-state index is 0.625. The summed E-state index contributed by atoms with van der Waals surface area (Å²) in [6, 6.07) is 49.1. The SMILES string of the molecule is N#Cc1cccc(-c2ccc3oc4cccc(-c5cc(-c6ccccc6)c(C#N)c(-c6ccccc6)c5)c4c3c2)c1. The van der Waals surface area contributed by atoms with Crippen molar-refractivity contribution in [2.75, 3.05) is 0 Å². The van der Waals surface area contributed by atoms with E-state index < -0.39 is 0 Å². The van der Waals surface area contributed by atoms with Crippen LogP contribution in [0.1, 0.15) is 11.1 Å². The highest BCUT2D eigenvalue weighted by Gasteiger charge is 2.18. The van der Waals surface area contributed by atoms with E-state index in [1.165, 1.54) is 0 Å². The minimum Gasteiger partial charge on any atom is -0.456 e. The molecule has 190 valence electrons. The van der Waals surface area contributed by atoms with E-state index in [2.05, 4.69) is 36.4 Å². The Balaban J connectivity index is 1.52. The molecule has 0 fully saturated rings. The lowest BCUT2D eigenvalue weighted by Crippen LogP contribution is -1.93. The van der Waals surface area contributed by atoms with Crippen LogP contribution >= 0.6 is 0 Å². The van der Waals surface area contributed by atoms with Crippen molar-refractivity contribution in [3.8, 4) is 56.6 Å². The number of nitriles is 2. The first kappa shape index (κ1) is 24.2. The molecule has 0 aliphatic heterocycles. The Morgan fingerprint density at radius 2 is 1.07 bits per heavy atom. The maximum absolute atomic E-state index is 10.4. The van der Waals surface area contributed by atoms with Gasteiger partial charge >= 0.3 is 0 Å². The molecule has 1 heterocycles. The molecule has 6 aromatic carbocycles. The highest BCUT2D eigenvalue weighted by molar-refractivity contribution is 6.13. The molecule has 0 saturated heterocycles. The van der Waals surface area contributed by atoms with Gasteiger partial charge in [-0.15, -0.1) is 0 Å². The minimum absolute atomic E-state index is 0.625. The second kappa shape index (κ2) is 10.0. The van der Waals surface area contributed by atoms with Gasteiger partial charge in [0.15, 0.2) is 0 Å². The van der Waals surface area contributed by atoms with Gasteiger partial charge < -0.3 is 4.42 Å². The monoisotopic (exact) mass is 522 g/mol. The van der Waals surface area contributed by atoms with Crippen LogP contribution in [-0.2, 0) is 0 Å². The molecule has 41 heavy (non-hydrogen) atoms. The molecular weight excluding hydrogens is 500 g/mol. The van der Waals surface area contributed by atoms with Crippen molar-refractivity contribution >= 4 is 21.9 Å². The molecule has 3 heteroatoms. The van der Waals surface area contributed by atoms with E-state index in [-0.39, 0.29) is 0 Å². The smallest absolute Gasteiger partial charge is 0.136 e. The summed E-state index contributed by atoms with van der Waals surface area (Å²) in [6.45, 7) is 0. The Morgan fingerprint density at radius 3 is 1.73 bits per heavy atom. The highest BCUT2D eigenvalue weighted by Crippen LogP contribution is 2.42. The zero-order valence-corrected chi connectivity index (χ0v) is 22.0.